The second-order valence-corrected chi connectivity index (χ2v) is 11.3. The molecule has 198 valence electrons. The Labute approximate surface area is 213 Å². The smallest absolute Gasteiger partial charge is 0.342 e. The lowest BCUT2D eigenvalue weighted by Gasteiger charge is -2.61. The molecule has 0 aromatic carbocycles. The third kappa shape index (κ3) is 5.02. The fourth-order valence-corrected chi connectivity index (χ4v) is 6.92. The Morgan fingerprint density at radius 2 is 1.89 bits per heavy atom. The van der Waals surface area contributed by atoms with Gasteiger partial charge in [0.2, 0.25) is 0 Å². The summed E-state index contributed by atoms with van der Waals surface area (Å²) >= 11 is 0. The monoisotopic (exact) mass is 500 g/mol. The molecule has 2 aliphatic rings. The number of carboxylic acids is 1. The van der Waals surface area contributed by atoms with E-state index < -0.39 is 11.6 Å². The van der Waals surface area contributed by atoms with Crippen LogP contribution in [0, 0.1) is 36.5 Å². The Morgan fingerprint density at radius 3 is 2.50 bits per heavy atom. The molecule has 0 radical (unpaired) electrons. The molecule has 2 saturated carbocycles. The van der Waals surface area contributed by atoms with Crippen LogP contribution in [0.15, 0.2) is 33.0 Å². The van der Waals surface area contributed by atoms with Crippen LogP contribution < -0.4 is 5.63 Å². The van der Waals surface area contributed by atoms with Gasteiger partial charge in [0, 0.05) is 23.5 Å². The third-order valence-corrected chi connectivity index (χ3v) is 9.16. The summed E-state index contributed by atoms with van der Waals surface area (Å²) in [5.41, 5.74) is 1.06. The molecule has 0 spiro atoms. The molecular weight excluding hydrogens is 460 g/mol. The molecule has 2 N–H and O–H groups in total. The largest absolute Gasteiger partial charge is 0.507 e. The minimum atomic E-state index is -0.939. The Bertz CT molecular complexity index is 1140. The topological polar surface area (TPSA) is 114 Å². The lowest BCUT2D eigenvalue weighted by Crippen LogP contribution is -2.57. The van der Waals surface area contributed by atoms with Crippen LogP contribution in [0.2, 0.25) is 0 Å². The highest BCUT2D eigenvalue weighted by Gasteiger charge is 2.58. The molecule has 0 bridgehead atoms. The van der Waals surface area contributed by atoms with E-state index >= 15 is 0 Å². The summed E-state index contributed by atoms with van der Waals surface area (Å²) in [6.07, 6.45) is 6.13. The molecule has 1 heterocycles. The zero-order chi connectivity index (χ0) is 27.0. The zero-order valence-electron chi connectivity index (χ0n) is 22.4. The van der Waals surface area contributed by atoms with Crippen LogP contribution in [0.4, 0.5) is 0 Å². The van der Waals surface area contributed by atoms with Crippen molar-refractivity contribution in [2.24, 2.45) is 22.7 Å². The van der Waals surface area contributed by atoms with Gasteiger partial charge < -0.3 is 19.4 Å². The second kappa shape index (κ2) is 10.3. The number of rotatable bonds is 7. The summed E-state index contributed by atoms with van der Waals surface area (Å²) in [5, 5.41) is 20.1. The molecule has 0 saturated heterocycles. The molecule has 7 heteroatoms. The molecule has 2 aliphatic carbocycles. The first-order valence-corrected chi connectivity index (χ1v) is 12.8. The van der Waals surface area contributed by atoms with E-state index in [2.05, 4.69) is 20.4 Å². The van der Waals surface area contributed by atoms with Gasteiger partial charge in [-0.2, -0.15) is 0 Å². The van der Waals surface area contributed by atoms with Crippen molar-refractivity contribution in [2.45, 2.75) is 92.6 Å². The summed E-state index contributed by atoms with van der Waals surface area (Å²) < 4.78 is 11.3. The van der Waals surface area contributed by atoms with Crippen LogP contribution in [0.5, 0.6) is 5.75 Å². The quantitative estimate of drug-likeness (QED) is 0.283. The maximum atomic E-state index is 12.8. The highest BCUT2D eigenvalue weighted by atomic mass is 16.5. The summed E-state index contributed by atoms with van der Waals surface area (Å²) in [5.74, 6) is -0.758. The number of fused-ring (bicyclic) bond motifs is 1. The van der Waals surface area contributed by atoms with Gasteiger partial charge >= 0.3 is 17.6 Å². The number of carbonyl (C=O) groups is 2. The SMILES string of the molecule is C=C1CCC2C(C)(CC/C=C(\C)C(=O)O)C(OC(C)=O)CCC2(C)C1Cc1c(O)c(C)c(C)oc1=O. The molecular formula is C29H40O7. The minimum absolute atomic E-state index is 0.00656. The molecule has 7 nitrogen and oxygen atoms in total. The fourth-order valence-electron chi connectivity index (χ4n) is 6.92. The maximum Gasteiger partial charge on any atom is 0.342 e. The number of carboxylic acid groups (broad SMARTS) is 1. The summed E-state index contributed by atoms with van der Waals surface area (Å²) in [6.45, 7) is 15.2. The van der Waals surface area contributed by atoms with Gasteiger partial charge in [0.05, 0.1) is 5.56 Å². The number of hydrogen-bond acceptors (Lipinski definition) is 6. The molecule has 0 aliphatic heterocycles. The standard InChI is InChI=1S/C29H40O7/c1-16-10-11-23-28(6,22(16)15-21-25(31)18(3)19(4)35-27(21)34)14-12-24(36-20(5)30)29(23,7)13-8-9-17(2)26(32)33/h9,22-24,31H,1,8,10-15H2,2-7H3,(H,32,33)/b17-9+. The van der Waals surface area contributed by atoms with Crippen LogP contribution in [-0.2, 0) is 20.7 Å². The predicted molar refractivity (Wildman–Crippen MR) is 137 cm³/mol. The Balaban J connectivity index is 2.02. The average molecular weight is 501 g/mol. The van der Waals surface area contributed by atoms with E-state index in [0.717, 1.165) is 24.8 Å². The van der Waals surface area contributed by atoms with Crippen molar-refractivity contribution in [1.29, 1.82) is 0 Å². The lowest BCUT2D eigenvalue weighted by atomic mass is 9.45. The number of carbonyl (C=O) groups excluding carboxylic acids is 1. The summed E-state index contributed by atoms with van der Waals surface area (Å²) in [6, 6.07) is 0. The van der Waals surface area contributed by atoms with Crippen LogP contribution >= 0.6 is 0 Å². The van der Waals surface area contributed by atoms with Crippen molar-refractivity contribution in [3.05, 3.63) is 51.1 Å². The van der Waals surface area contributed by atoms with Gasteiger partial charge in [-0.3, -0.25) is 4.79 Å². The van der Waals surface area contributed by atoms with E-state index in [9.17, 15) is 24.6 Å². The molecule has 5 unspecified atom stereocenters. The van der Waals surface area contributed by atoms with Crippen molar-refractivity contribution in [1.82, 2.24) is 0 Å². The number of hydrogen-bond donors (Lipinski definition) is 2. The van der Waals surface area contributed by atoms with Crippen molar-refractivity contribution in [3.8, 4) is 5.75 Å². The van der Waals surface area contributed by atoms with E-state index in [1.54, 1.807) is 26.8 Å². The lowest BCUT2D eigenvalue weighted by molar-refractivity contribution is -0.178. The Morgan fingerprint density at radius 1 is 1.22 bits per heavy atom. The summed E-state index contributed by atoms with van der Waals surface area (Å²) in [7, 11) is 0. The van der Waals surface area contributed by atoms with Gasteiger partial charge in [0.1, 0.15) is 17.6 Å². The molecule has 3 rings (SSSR count). The van der Waals surface area contributed by atoms with E-state index in [1.807, 2.05) is 0 Å². The number of ether oxygens (including phenoxy) is 1. The molecule has 0 amide bonds. The van der Waals surface area contributed by atoms with Gasteiger partial charge in [-0.1, -0.05) is 32.1 Å². The average Bonchev–Trinajstić information content (AvgIpc) is 2.78. The predicted octanol–water partition coefficient (Wildman–Crippen LogP) is 5.64. The fraction of sp³-hybridized carbons (Fsp3) is 0.621. The normalized spacial score (nSPS) is 30.6. The zero-order valence-corrected chi connectivity index (χ0v) is 22.4. The minimum Gasteiger partial charge on any atom is -0.507 e. The molecule has 2 fully saturated rings. The molecule has 36 heavy (non-hydrogen) atoms. The first-order chi connectivity index (χ1) is 16.7. The van der Waals surface area contributed by atoms with Crippen LogP contribution in [0.1, 0.15) is 83.1 Å². The molecule has 5 atom stereocenters. The number of aromatic hydroxyl groups is 1. The first-order valence-electron chi connectivity index (χ1n) is 12.8. The molecule has 1 aromatic heterocycles. The van der Waals surface area contributed by atoms with E-state index in [4.69, 9.17) is 9.15 Å². The van der Waals surface area contributed by atoms with Crippen molar-refractivity contribution in [3.63, 3.8) is 0 Å². The first kappa shape index (κ1) is 27.8. The van der Waals surface area contributed by atoms with Gasteiger partial charge in [-0.25, -0.2) is 9.59 Å². The van der Waals surface area contributed by atoms with Gasteiger partial charge in [0.15, 0.2) is 0 Å². The number of aliphatic carboxylic acids is 1. The van der Waals surface area contributed by atoms with Crippen LogP contribution in [0.3, 0.4) is 0 Å². The summed E-state index contributed by atoms with van der Waals surface area (Å²) in [4.78, 5) is 36.1. The molecule has 1 aromatic rings. The van der Waals surface area contributed by atoms with Crippen molar-refractivity contribution < 1.29 is 29.0 Å². The van der Waals surface area contributed by atoms with E-state index in [-0.39, 0.29) is 46.1 Å². The highest BCUT2D eigenvalue weighted by molar-refractivity contribution is 5.85. The second-order valence-electron chi connectivity index (χ2n) is 11.3. The van der Waals surface area contributed by atoms with Gasteiger partial charge in [-0.15, -0.1) is 0 Å². The van der Waals surface area contributed by atoms with Crippen molar-refractivity contribution >= 4 is 11.9 Å². The number of allylic oxidation sites excluding steroid dienone is 2. The maximum absolute atomic E-state index is 12.8. The van der Waals surface area contributed by atoms with Crippen molar-refractivity contribution in [2.75, 3.05) is 0 Å². The Kier molecular flexibility index (Phi) is 7.92. The van der Waals surface area contributed by atoms with Crippen LogP contribution in [-0.4, -0.2) is 28.3 Å². The number of aryl methyl sites for hydroxylation is 1. The number of esters is 1. The van der Waals surface area contributed by atoms with Gasteiger partial charge in [-0.05, 0) is 83.0 Å². The van der Waals surface area contributed by atoms with Crippen LogP contribution in [0.25, 0.3) is 0 Å². The van der Waals surface area contributed by atoms with E-state index in [1.165, 1.54) is 6.92 Å². The highest BCUT2D eigenvalue weighted by Crippen LogP contribution is 2.63. The van der Waals surface area contributed by atoms with E-state index in [0.29, 0.717) is 42.6 Å². The third-order valence-electron chi connectivity index (χ3n) is 9.16. The van der Waals surface area contributed by atoms with Gasteiger partial charge in [0.25, 0.3) is 0 Å². The Hall–Kier alpha value is -2.83.